The number of aromatic nitrogens is 1. The Morgan fingerprint density at radius 1 is 1.44 bits per heavy atom. The maximum Gasteiger partial charge on any atom is 0.107 e. The molecule has 0 atom stereocenters. The van der Waals surface area contributed by atoms with Gasteiger partial charge in [0.25, 0.3) is 0 Å². The third-order valence-corrected chi connectivity index (χ3v) is 4.45. The van der Waals surface area contributed by atoms with E-state index in [0.29, 0.717) is 0 Å². The van der Waals surface area contributed by atoms with Crippen LogP contribution in [-0.4, -0.2) is 35.1 Å². The van der Waals surface area contributed by atoms with Crippen LogP contribution in [0.15, 0.2) is 5.38 Å². The molecule has 1 aliphatic rings. The van der Waals surface area contributed by atoms with Crippen LogP contribution in [0.4, 0.5) is 0 Å². The van der Waals surface area contributed by atoms with Crippen molar-refractivity contribution in [2.75, 3.05) is 19.6 Å². The van der Waals surface area contributed by atoms with E-state index >= 15 is 0 Å². The molecule has 0 radical (unpaired) electrons. The van der Waals surface area contributed by atoms with Gasteiger partial charge < -0.3 is 5.32 Å². The van der Waals surface area contributed by atoms with Gasteiger partial charge in [0, 0.05) is 36.0 Å². The molecule has 1 aromatic heterocycles. The van der Waals surface area contributed by atoms with E-state index in [1.165, 1.54) is 10.7 Å². The fourth-order valence-corrected chi connectivity index (χ4v) is 3.24. The minimum Gasteiger partial charge on any atom is -0.314 e. The van der Waals surface area contributed by atoms with Gasteiger partial charge in [-0.15, -0.1) is 11.3 Å². The van der Waals surface area contributed by atoms with Gasteiger partial charge in [-0.25, -0.2) is 4.98 Å². The number of thiazole rings is 1. The molecular formula is C14H25N3S. The number of rotatable bonds is 2. The average Bonchev–Trinajstić information content (AvgIpc) is 2.69. The third kappa shape index (κ3) is 3.11. The van der Waals surface area contributed by atoms with Gasteiger partial charge in [0.05, 0.1) is 12.2 Å². The van der Waals surface area contributed by atoms with Gasteiger partial charge in [-0.2, -0.15) is 0 Å². The highest BCUT2D eigenvalue weighted by atomic mass is 32.1. The molecule has 1 N–H and O–H groups in total. The van der Waals surface area contributed by atoms with E-state index in [9.17, 15) is 0 Å². The Kier molecular flexibility index (Phi) is 3.81. The molecule has 2 heterocycles. The summed E-state index contributed by atoms with van der Waals surface area (Å²) in [6.45, 7) is 15.5. The van der Waals surface area contributed by atoms with Crippen molar-refractivity contribution in [3.05, 3.63) is 16.1 Å². The van der Waals surface area contributed by atoms with E-state index in [-0.39, 0.29) is 11.0 Å². The topological polar surface area (TPSA) is 28.2 Å². The molecule has 3 nitrogen and oxygen atoms in total. The second-order valence-electron chi connectivity index (χ2n) is 6.79. The van der Waals surface area contributed by atoms with E-state index < -0.39 is 0 Å². The van der Waals surface area contributed by atoms with E-state index in [1.54, 1.807) is 11.3 Å². The fraction of sp³-hybridized carbons (Fsp3) is 0.786. The van der Waals surface area contributed by atoms with Gasteiger partial charge in [0.1, 0.15) is 5.01 Å². The molecule has 4 heteroatoms. The molecule has 1 aromatic rings. The number of nitrogens with one attached hydrogen (secondary N) is 1. The van der Waals surface area contributed by atoms with E-state index in [2.05, 4.69) is 50.2 Å². The Balaban J connectivity index is 2.07. The van der Waals surface area contributed by atoms with Crippen molar-refractivity contribution in [3.8, 4) is 0 Å². The van der Waals surface area contributed by atoms with Gasteiger partial charge in [-0.1, -0.05) is 20.8 Å². The first-order valence-corrected chi connectivity index (χ1v) is 7.58. The molecular weight excluding hydrogens is 242 g/mol. The lowest BCUT2D eigenvalue weighted by molar-refractivity contribution is 0.0826. The Bertz CT molecular complexity index is 403. The zero-order chi connectivity index (χ0) is 13.4. The number of hydrogen-bond acceptors (Lipinski definition) is 4. The van der Waals surface area contributed by atoms with Crippen molar-refractivity contribution in [1.29, 1.82) is 0 Å². The predicted molar refractivity (Wildman–Crippen MR) is 78.2 cm³/mol. The summed E-state index contributed by atoms with van der Waals surface area (Å²) in [5.74, 6) is 0. The lowest BCUT2D eigenvalue weighted by Crippen LogP contribution is -2.57. The zero-order valence-corrected chi connectivity index (χ0v) is 13.0. The van der Waals surface area contributed by atoms with Crippen molar-refractivity contribution >= 4 is 11.3 Å². The third-order valence-electron chi connectivity index (χ3n) is 3.62. The van der Waals surface area contributed by atoms with Crippen LogP contribution in [0.3, 0.4) is 0 Å². The maximum absolute atomic E-state index is 4.80. The van der Waals surface area contributed by atoms with Crippen LogP contribution in [0.25, 0.3) is 0 Å². The highest BCUT2D eigenvalue weighted by Gasteiger charge is 2.30. The Morgan fingerprint density at radius 3 is 2.72 bits per heavy atom. The van der Waals surface area contributed by atoms with Crippen molar-refractivity contribution in [2.24, 2.45) is 0 Å². The molecule has 0 saturated carbocycles. The summed E-state index contributed by atoms with van der Waals surface area (Å²) >= 11 is 1.80. The van der Waals surface area contributed by atoms with Gasteiger partial charge in [0.15, 0.2) is 0 Å². The summed E-state index contributed by atoms with van der Waals surface area (Å²) in [4.78, 5) is 7.33. The first kappa shape index (κ1) is 14.0. The summed E-state index contributed by atoms with van der Waals surface area (Å²) in [5, 5.41) is 6.92. The maximum atomic E-state index is 4.80. The molecule has 0 spiro atoms. The van der Waals surface area contributed by atoms with Crippen molar-refractivity contribution in [1.82, 2.24) is 15.2 Å². The number of hydrogen-bond donors (Lipinski definition) is 1. The lowest BCUT2D eigenvalue weighted by atomic mass is 9.93. The minimum absolute atomic E-state index is 0.160. The summed E-state index contributed by atoms with van der Waals surface area (Å²) in [6.07, 6.45) is 0. The smallest absolute Gasteiger partial charge is 0.107 e. The monoisotopic (exact) mass is 267 g/mol. The molecule has 0 aliphatic carbocycles. The molecule has 18 heavy (non-hydrogen) atoms. The number of nitrogens with zero attached hydrogens (tertiary/aromatic N) is 2. The van der Waals surface area contributed by atoms with Crippen LogP contribution in [0.5, 0.6) is 0 Å². The van der Waals surface area contributed by atoms with Gasteiger partial charge >= 0.3 is 0 Å². The van der Waals surface area contributed by atoms with Gasteiger partial charge in [-0.3, -0.25) is 4.90 Å². The van der Waals surface area contributed by atoms with Crippen LogP contribution in [0.1, 0.15) is 45.3 Å². The normalized spacial score (nSPS) is 21.2. The van der Waals surface area contributed by atoms with Crippen LogP contribution in [0.2, 0.25) is 0 Å². The second-order valence-corrected chi connectivity index (χ2v) is 7.73. The molecule has 1 saturated heterocycles. The zero-order valence-electron chi connectivity index (χ0n) is 12.2. The van der Waals surface area contributed by atoms with E-state index in [0.717, 1.165) is 26.2 Å². The standard InChI is InChI=1S/C14H25N3S/c1-13(2,3)11-9-18-12(16-11)8-17-7-6-15-10-14(17,4)5/h9,15H,6-8,10H2,1-5H3. The van der Waals surface area contributed by atoms with E-state index in [1.807, 2.05) is 0 Å². The Hall–Kier alpha value is -0.450. The molecule has 1 fully saturated rings. The Labute approximate surface area is 115 Å². The molecule has 102 valence electrons. The fourth-order valence-electron chi connectivity index (χ4n) is 2.21. The second kappa shape index (κ2) is 4.91. The highest BCUT2D eigenvalue weighted by Crippen LogP contribution is 2.26. The summed E-state index contributed by atoms with van der Waals surface area (Å²) < 4.78 is 0. The van der Waals surface area contributed by atoms with Crippen LogP contribution >= 0.6 is 11.3 Å². The summed E-state index contributed by atoms with van der Waals surface area (Å²) in [5.41, 5.74) is 1.61. The first-order chi connectivity index (χ1) is 8.29. The first-order valence-electron chi connectivity index (χ1n) is 6.70. The van der Waals surface area contributed by atoms with Crippen molar-refractivity contribution in [3.63, 3.8) is 0 Å². The Morgan fingerprint density at radius 2 is 2.17 bits per heavy atom. The summed E-state index contributed by atoms with van der Waals surface area (Å²) in [6, 6.07) is 0. The predicted octanol–water partition coefficient (Wildman–Crippen LogP) is 2.62. The van der Waals surface area contributed by atoms with Crippen LogP contribution in [0, 0.1) is 0 Å². The van der Waals surface area contributed by atoms with Crippen molar-refractivity contribution < 1.29 is 0 Å². The molecule has 1 aliphatic heterocycles. The van der Waals surface area contributed by atoms with Crippen LogP contribution in [-0.2, 0) is 12.0 Å². The number of piperazine rings is 1. The molecule has 0 amide bonds. The minimum atomic E-state index is 0.160. The highest BCUT2D eigenvalue weighted by molar-refractivity contribution is 7.09. The van der Waals surface area contributed by atoms with Crippen LogP contribution < -0.4 is 5.32 Å². The average molecular weight is 267 g/mol. The molecule has 0 aromatic carbocycles. The molecule has 0 unspecified atom stereocenters. The molecule has 2 rings (SSSR count). The molecule has 0 bridgehead atoms. The van der Waals surface area contributed by atoms with Gasteiger partial charge in [-0.05, 0) is 13.8 Å². The largest absolute Gasteiger partial charge is 0.314 e. The van der Waals surface area contributed by atoms with Gasteiger partial charge in [0.2, 0.25) is 0 Å². The SMILES string of the molecule is CC(C)(C)c1csc(CN2CCNCC2(C)C)n1. The quantitative estimate of drug-likeness (QED) is 0.893. The lowest BCUT2D eigenvalue weighted by Gasteiger charge is -2.42. The van der Waals surface area contributed by atoms with E-state index in [4.69, 9.17) is 4.98 Å². The van der Waals surface area contributed by atoms with Crippen molar-refractivity contribution in [2.45, 2.75) is 52.1 Å². The summed E-state index contributed by atoms with van der Waals surface area (Å²) in [7, 11) is 0.